The van der Waals surface area contributed by atoms with Crippen molar-refractivity contribution < 1.29 is 14.3 Å². The molecule has 3 aromatic rings. The van der Waals surface area contributed by atoms with Crippen LogP contribution in [-0.4, -0.2) is 28.6 Å². The molecule has 0 radical (unpaired) electrons. The molecule has 0 aliphatic carbocycles. The molecule has 33 heavy (non-hydrogen) atoms. The summed E-state index contributed by atoms with van der Waals surface area (Å²) < 4.78 is 11.1. The lowest BCUT2D eigenvalue weighted by Crippen LogP contribution is -2.21. The van der Waals surface area contributed by atoms with Crippen LogP contribution in [0.25, 0.3) is 22.5 Å². The molecular weight excluding hydrogens is 412 g/mol. The zero-order valence-electron chi connectivity index (χ0n) is 19.9. The number of benzene rings is 2. The van der Waals surface area contributed by atoms with Crippen molar-refractivity contribution in [2.24, 2.45) is 0 Å². The van der Waals surface area contributed by atoms with Gasteiger partial charge in [-0.25, -0.2) is 9.97 Å². The van der Waals surface area contributed by atoms with Gasteiger partial charge in [0.1, 0.15) is 18.5 Å². The van der Waals surface area contributed by atoms with Gasteiger partial charge in [0.05, 0.1) is 0 Å². The minimum Gasteiger partial charge on any atom is -0.490 e. The van der Waals surface area contributed by atoms with Crippen molar-refractivity contribution in [1.82, 2.24) is 9.97 Å². The summed E-state index contributed by atoms with van der Waals surface area (Å²) in [7, 11) is 0. The molecule has 0 amide bonds. The lowest BCUT2D eigenvalue weighted by atomic mass is 10.0. The molecule has 5 heteroatoms. The minimum absolute atomic E-state index is 0.170. The smallest absolute Gasteiger partial charge is 0.306 e. The van der Waals surface area contributed by atoms with Crippen molar-refractivity contribution in [3.05, 3.63) is 66.5 Å². The molecule has 2 aromatic carbocycles. The molecule has 0 spiro atoms. The van der Waals surface area contributed by atoms with Crippen LogP contribution in [0.3, 0.4) is 0 Å². The van der Waals surface area contributed by atoms with Crippen LogP contribution in [0.2, 0.25) is 0 Å². The van der Waals surface area contributed by atoms with Crippen molar-refractivity contribution >= 4 is 5.97 Å². The van der Waals surface area contributed by atoms with E-state index in [0.717, 1.165) is 41.7 Å². The number of hydrogen-bond donors (Lipinski definition) is 0. The normalized spacial score (nSPS) is 11.7. The predicted octanol–water partition coefficient (Wildman–Crippen LogP) is 6.65. The van der Waals surface area contributed by atoms with E-state index in [2.05, 4.69) is 48.1 Å². The minimum atomic E-state index is -0.286. The largest absolute Gasteiger partial charge is 0.490 e. The quantitative estimate of drug-likeness (QED) is 0.291. The van der Waals surface area contributed by atoms with Crippen LogP contribution < -0.4 is 4.74 Å². The van der Waals surface area contributed by atoms with Gasteiger partial charge in [-0.05, 0) is 61.6 Å². The first-order valence-corrected chi connectivity index (χ1v) is 11.9. The molecule has 3 rings (SSSR count). The molecule has 1 heterocycles. The fourth-order valence-electron chi connectivity index (χ4n) is 3.42. The first-order valence-electron chi connectivity index (χ1n) is 11.9. The van der Waals surface area contributed by atoms with Crippen molar-refractivity contribution in [3.63, 3.8) is 0 Å². The number of ether oxygens (including phenoxy) is 2. The number of carbonyl (C=O) groups is 1. The van der Waals surface area contributed by atoms with Crippen molar-refractivity contribution in [2.75, 3.05) is 6.61 Å². The number of carbonyl (C=O) groups excluding carboxylic acids is 1. The fourth-order valence-corrected chi connectivity index (χ4v) is 3.42. The van der Waals surface area contributed by atoms with Gasteiger partial charge in [-0.1, -0.05) is 51.0 Å². The molecule has 0 bridgehead atoms. The number of hydrogen-bond acceptors (Lipinski definition) is 5. The number of unbranched alkanes of at least 4 members (excludes halogenated alkanes) is 2. The topological polar surface area (TPSA) is 61.3 Å². The number of esters is 1. The summed E-state index contributed by atoms with van der Waals surface area (Å²) in [6, 6.07) is 16.3. The van der Waals surface area contributed by atoms with E-state index in [4.69, 9.17) is 9.47 Å². The second kappa shape index (κ2) is 12.7. The Balaban J connectivity index is 1.53. The highest BCUT2D eigenvalue weighted by Gasteiger charge is 2.10. The van der Waals surface area contributed by atoms with E-state index in [1.807, 2.05) is 43.6 Å². The second-order valence-electron chi connectivity index (χ2n) is 8.34. The van der Waals surface area contributed by atoms with Gasteiger partial charge in [0.2, 0.25) is 0 Å². The van der Waals surface area contributed by atoms with Crippen molar-refractivity contribution in [1.29, 1.82) is 0 Å². The molecule has 1 aromatic heterocycles. The van der Waals surface area contributed by atoms with Crippen LogP contribution in [0, 0.1) is 0 Å². The highest BCUT2D eigenvalue weighted by molar-refractivity contribution is 5.69. The second-order valence-corrected chi connectivity index (χ2v) is 8.34. The van der Waals surface area contributed by atoms with E-state index < -0.39 is 0 Å². The van der Waals surface area contributed by atoms with Crippen molar-refractivity contribution in [2.45, 2.75) is 65.4 Å². The first-order chi connectivity index (χ1) is 16.1. The van der Waals surface area contributed by atoms with Crippen LogP contribution in [0.1, 0.15) is 58.4 Å². The van der Waals surface area contributed by atoms with Gasteiger partial charge in [0.25, 0.3) is 0 Å². The van der Waals surface area contributed by atoms with E-state index in [9.17, 15) is 4.79 Å². The van der Waals surface area contributed by atoms with E-state index in [1.165, 1.54) is 18.4 Å². The highest BCUT2D eigenvalue weighted by Crippen LogP contribution is 2.23. The monoisotopic (exact) mass is 446 g/mol. The van der Waals surface area contributed by atoms with Crippen LogP contribution in [0.15, 0.2) is 60.9 Å². The standard InChI is InChI=1S/C28H34N2O3/c1-4-6-8-22-10-12-23(13-11-22)25-18-29-28(30-19-25)24-14-16-26(17-15-24)32-20-21(3)33-27(31)9-7-5-2/h10-19,21H,4-9,20H2,1-3H3. The molecule has 174 valence electrons. The summed E-state index contributed by atoms with van der Waals surface area (Å²) in [5.74, 6) is 1.22. The van der Waals surface area contributed by atoms with Gasteiger partial charge in [-0.15, -0.1) is 0 Å². The third kappa shape index (κ3) is 7.70. The Kier molecular flexibility index (Phi) is 9.43. The Morgan fingerprint density at radius 1 is 0.848 bits per heavy atom. The highest BCUT2D eigenvalue weighted by atomic mass is 16.6. The molecule has 0 saturated carbocycles. The van der Waals surface area contributed by atoms with Crippen LogP contribution in [-0.2, 0) is 16.0 Å². The molecule has 0 aliphatic rings. The van der Waals surface area contributed by atoms with Crippen LogP contribution in [0.4, 0.5) is 0 Å². The molecule has 1 unspecified atom stereocenters. The molecule has 0 fully saturated rings. The average Bonchev–Trinajstić information content (AvgIpc) is 2.86. The lowest BCUT2D eigenvalue weighted by molar-refractivity contribution is -0.149. The Hall–Kier alpha value is -3.21. The Morgan fingerprint density at radius 2 is 1.48 bits per heavy atom. The molecule has 5 nitrogen and oxygen atoms in total. The van der Waals surface area contributed by atoms with Crippen molar-refractivity contribution in [3.8, 4) is 28.3 Å². The maximum absolute atomic E-state index is 11.7. The zero-order valence-corrected chi connectivity index (χ0v) is 19.9. The van der Waals surface area contributed by atoms with Gasteiger partial charge >= 0.3 is 5.97 Å². The SMILES string of the molecule is CCCCC(=O)OC(C)COc1ccc(-c2ncc(-c3ccc(CCCC)cc3)cn2)cc1. The van der Waals surface area contributed by atoms with Gasteiger partial charge in [0.15, 0.2) is 5.82 Å². The average molecular weight is 447 g/mol. The van der Waals surface area contributed by atoms with Gasteiger partial charge in [-0.3, -0.25) is 4.79 Å². The predicted molar refractivity (Wildman–Crippen MR) is 132 cm³/mol. The third-order valence-corrected chi connectivity index (χ3v) is 5.42. The van der Waals surface area contributed by atoms with Gasteiger partial charge < -0.3 is 9.47 Å². The fraction of sp³-hybridized carbons (Fsp3) is 0.393. The zero-order chi connectivity index (χ0) is 23.5. The summed E-state index contributed by atoms with van der Waals surface area (Å²) in [6.45, 7) is 6.42. The number of aromatic nitrogens is 2. The van der Waals surface area contributed by atoms with Gasteiger partial charge in [-0.2, -0.15) is 0 Å². The summed E-state index contributed by atoms with van der Waals surface area (Å²) in [5.41, 5.74) is 4.41. The summed E-state index contributed by atoms with van der Waals surface area (Å²) in [6.07, 6.45) is 9.26. The van der Waals surface area contributed by atoms with Crippen LogP contribution in [0.5, 0.6) is 5.75 Å². The maximum Gasteiger partial charge on any atom is 0.306 e. The number of aryl methyl sites for hydroxylation is 1. The molecule has 0 saturated heterocycles. The molecular formula is C28H34N2O3. The third-order valence-electron chi connectivity index (χ3n) is 5.42. The molecule has 0 aliphatic heterocycles. The molecule has 0 N–H and O–H groups in total. The summed E-state index contributed by atoms with van der Waals surface area (Å²) >= 11 is 0. The lowest BCUT2D eigenvalue weighted by Gasteiger charge is -2.14. The van der Waals surface area contributed by atoms with E-state index >= 15 is 0 Å². The van der Waals surface area contributed by atoms with Crippen LogP contribution >= 0.6 is 0 Å². The van der Waals surface area contributed by atoms with Gasteiger partial charge in [0, 0.05) is 29.9 Å². The Labute approximate surface area is 197 Å². The first kappa shape index (κ1) is 24.4. The number of rotatable bonds is 12. The molecule has 1 atom stereocenters. The van der Waals surface area contributed by atoms with E-state index in [0.29, 0.717) is 18.9 Å². The summed E-state index contributed by atoms with van der Waals surface area (Å²) in [4.78, 5) is 20.8. The maximum atomic E-state index is 11.7. The summed E-state index contributed by atoms with van der Waals surface area (Å²) in [5, 5.41) is 0. The van der Waals surface area contributed by atoms with E-state index in [-0.39, 0.29) is 12.1 Å². The number of nitrogens with zero attached hydrogens (tertiary/aromatic N) is 2. The Morgan fingerprint density at radius 3 is 2.12 bits per heavy atom. The van der Waals surface area contributed by atoms with E-state index in [1.54, 1.807) is 0 Å². The Bertz CT molecular complexity index is 983.